The Morgan fingerprint density at radius 3 is 2.39 bits per heavy atom. The van der Waals surface area contributed by atoms with Crippen molar-refractivity contribution < 1.29 is 13.2 Å². The molecule has 1 amide bonds. The summed E-state index contributed by atoms with van der Waals surface area (Å²) in [6.45, 7) is 1.44. The average molecular weight is 483 g/mol. The fourth-order valence-corrected chi connectivity index (χ4v) is 5.40. The fourth-order valence-electron chi connectivity index (χ4n) is 3.21. The van der Waals surface area contributed by atoms with E-state index in [1.807, 2.05) is 17.2 Å². The molecular weight excluding hydrogens is 460 g/mol. The lowest BCUT2D eigenvalue weighted by Gasteiger charge is -2.22. The zero-order valence-corrected chi connectivity index (χ0v) is 18.9. The number of anilines is 1. The summed E-state index contributed by atoms with van der Waals surface area (Å²) in [4.78, 5) is 15.8. The van der Waals surface area contributed by atoms with E-state index in [-0.39, 0.29) is 10.8 Å². The monoisotopic (exact) mass is 482 g/mol. The number of hydrogen-bond donors (Lipinski definition) is 1. The summed E-state index contributed by atoms with van der Waals surface area (Å²) < 4.78 is 29.0. The van der Waals surface area contributed by atoms with Crippen LogP contribution < -0.4 is 4.72 Å². The van der Waals surface area contributed by atoms with Crippen LogP contribution >= 0.6 is 27.7 Å². The number of para-hydroxylation sites is 1. The van der Waals surface area contributed by atoms with Crippen LogP contribution in [0.4, 0.5) is 5.69 Å². The van der Waals surface area contributed by atoms with Gasteiger partial charge in [0.25, 0.3) is 15.9 Å². The highest BCUT2D eigenvalue weighted by Crippen LogP contribution is 2.28. The van der Waals surface area contributed by atoms with Crippen molar-refractivity contribution in [2.75, 3.05) is 24.1 Å². The van der Waals surface area contributed by atoms with Gasteiger partial charge in [-0.05, 0) is 65.4 Å². The van der Waals surface area contributed by atoms with Crippen LogP contribution in [0.1, 0.15) is 36.0 Å². The molecule has 1 saturated heterocycles. The third-order valence-corrected chi connectivity index (χ3v) is 7.57. The van der Waals surface area contributed by atoms with E-state index in [1.165, 1.54) is 17.8 Å². The maximum atomic E-state index is 13.1. The summed E-state index contributed by atoms with van der Waals surface area (Å²) in [5.41, 5.74) is 0.904. The van der Waals surface area contributed by atoms with Gasteiger partial charge in [-0.3, -0.25) is 9.52 Å². The van der Waals surface area contributed by atoms with Crippen molar-refractivity contribution in [1.82, 2.24) is 4.90 Å². The van der Waals surface area contributed by atoms with Crippen LogP contribution in [0.5, 0.6) is 0 Å². The van der Waals surface area contributed by atoms with Crippen molar-refractivity contribution in [3.63, 3.8) is 0 Å². The Balaban J connectivity index is 1.93. The minimum absolute atomic E-state index is 0.0826. The minimum atomic E-state index is -3.81. The molecule has 3 rings (SSSR count). The molecule has 1 N–H and O–H groups in total. The molecule has 28 heavy (non-hydrogen) atoms. The lowest BCUT2D eigenvalue weighted by atomic mass is 10.2. The predicted molar refractivity (Wildman–Crippen MR) is 118 cm³/mol. The summed E-state index contributed by atoms with van der Waals surface area (Å²) in [5, 5.41) is 0. The zero-order chi connectivity index (χ0) is 20.1. The molecule has 0 bridgehead atoms. The molecule has 2 aromatic carbocycles. The van der Waals surface area contributed by atoms with Crippen LogP contribution in [-0.4, -0.2) is 38.6 Å². The second-order valence-electron chi connectivity index (χ2n) is 6.65. The molecule has 0 saturated carbocycles. The number of hydrogen-bond acceptors (Lipinski definition) is 4. The molecule has 8 heteroatoms. The predicted octanol–water partition coefficient (Wildman–Crippen LogP) is 4.99. The van der Waals surface area contributed by atoms with E-state index in [4.69, 9.17) is 0 Å². The molecule has 1 fully saturated rings. The molecule has 1 aliphatic rings. The highest BCUT2D eigenvalue weighted by atomic mass is 79.9. The van der Waals surface area contributed by atoms with Crippen LogP contribution in [0.15, 0.2) is 56.7 Å². The van der Waals surface area contributed by atoms with Crippen LogP contribution in [0, 0.1) is 0 Å². The van der Waals surface area contributed by atoms with Crippen LogP contribution in [0.25, 0.3) is 0 Å². The first-order chi connectivity index (χ1) is 13.4. The normalized spacial score (nSPS) is 15.1. The second kappa shape index (κ2) is 9.33. The van der Waals surface area contributed by atoms with E-state index in [9.17, 15) is 13.2 Å². The van der Waals surface area contributed by atoms with Gasteiger partial charge in [0.15, 0.2) is 0 Å². The third kappa shape index (κ3) is 4.90. The van der Waals surface area contributed by atoms with E-state index in [0.717, 1.165) is 43.7 Å². The van der Waals surface area contributed by atoms with Gasteiger partial charge in [0, 0.05) is 22.5 Å². The maximum Gasteiger partial charge on any atom is 0.261 e. The van der Waals surface area contributed by atoms with E-state index >= 15 is 0 Å². The van der Waals surface area contributed by atoms with E-state index in [0.29, 0.717) is 15.7 Å². The van der Waals surface area contributed by atoms with Gasteiger partial charge in [0.05, 0.1) is 16.1 Å². The number of carbonyl (C=O) groups is 1. The molecule has 0 radical (unpaired) electrons. The molecule has 150 valence electrons. The highest BCUT2D eigenvalue weighted by Gasteiger charge is 2.23. The van der Waals surface area contributed by atoms with Gasteiger partial charge in [0.1, 0.15) is 0 Å². The van der Waals surface area contributed by atoms with Crippen molar-refractivity contribution >= 4 is 49.3 Å². The summed E-state index contributed by atoms with van der Waals surface area (Å²) in [7, 11) is -3.81. The first-order valence-corrected chi connectivity index (χ1v) is 12.7. The fraction of sp³-hybridized carbons (Fsp3) is 0.350. The largest absolute Gasteiger partial charge is 0.339 e. The van der Waals surface area contributed by atoms with Gasteiger partial charge in [-0.25, -0.2) is 8.42 Å². The maximum absolute atomic E-state index is 13.1. The van der Waals surface area contributed by atoms with Crippen molar-refractivity contribution in [1.29, 1.82) is 0 Å². The lowest BCUT2D eigenvalue weighted by Crippen LogP contribution is -2.32. The molecule has 0 aromatic heterocycles. The molecular formula is C20H23BrN2O3S2. The Kier molecular flexibility index (Phi) is 7.06. The minimum Gasteiger partial charge on any atom is -0.339 e. The van der Waals surface area contributed by atoms with E-state index in [1.54, 1.807) is 30.3 Å². The molecule has 1 heterocycles. The summed E-state index contributed by atoms with van der Waals surface area (Å²) in [6, 6.07) is 11.8. The number of rotatable bonds is 5. The van der Waals surface area contributed by atoms with Crippen molar-refractivity contribution in [2.45, 2.75) is 35.5 Å². The number of amides is 1. The number of halogens is 1. The molecule has 0 atom stereocenters. The summed E-state index contributed by atoms with van der Waals surface area (Å²) >= 11 is 4.80. The van der Waals surface area contributed by atoms with Crippen molar-refractivity contribution in [2.24, 2.45) is 0 Å². The molecule has 0 spiro atoms. The Bertz CT molecular complexity index is 956. The van der Waals surface area contributed by atoms with Crippen molar-refractivity contribution in [3.05, 3.63) is 52.5 Å². The standard InChI is InChI=1S/C20H23BrN2O3S2/c1-27-19-11-10-15(28(25,26)22-18-9-5-4-8-17(18)21)14-16(19)20(24)23-12-6-2-3-7-13-23/h4-5,8-11,14,22H,2-3,6-7,12-13H2,1H3. The van der Waals surface area contributed by atoms with Crippen molar-refractivity contribution in [3.8, 4) is 0 Å². The Labute approximate surface area is 179 Å². The Hall–Kier alpha value is -1.51. The smallest absolute Gasteiger partial charge is 0.261 e. The number of thioether (sulfide) groups is 1. The first kappa shape index (κ1) is 21.2. The number of nitrogens with one attached hydrogen (secondary N) is 1. The van der Waals surface area contributed by atoms with E-state index in [2.05, 4.69) is 20.7 Å². The first-order valence-electron chi connectivity index (χ1n) is 9.17. The average Bonchev–Trinajstić information content (AvgIpc) is 2.98. The zero-order valence-electron chi connectivity index (χ0n) is 15.7. The van der Waals surface area contributed by atoms with Gasteiger partial charge >= 0.3 is 0 Å². The van der Waals surface area contributed by atoms with Crippen LogP contribution in [0.3, 0.4) is 0 Å². The summed E-state index contributed by atoms with van der Waals surface area (Å²) in [5.74, 6) is -0.0933. The number of sulfonamides is 1. The number of carbonyl (C=O) groups excluding carboxylic acids is 1. The number of benzene rings is 2. The number of nitrogens with zero attached hydrogens (tertiary/aromatic N) is 1. The molecule has 5 nitrogen and oxygen atoms in total. The SMILES string of the molecule is CSc1ccc(S(=O)(=O)Nc2ccccc2Br)cc1C(=O)N1CCCCCC1. The quantitative estimate of drug-likeness (QED) is 0.609. The van der Waals surface area contributed by atoms with Gasteiger partial charge in [-0.2, -0.15) is 0 Å². The van der Waals surface area contributed by atoms with Crippen LogP contribution in [0.2, 0.25) is 0 Å². The Morgan fingerprint density at radius 1 is 1.07 bits per heavy atom. The molecule has 0 aliphatic carbocycles. The molecule has 1 aliphatic heterocycles. The topological polar surface area (TPSA) is 66.5 Å². The third-order valence-electron chi connectivity index (χ3n) is 4.72. The lowest BCUT2D eigenvalue weighted by molar-refractivity contribution is 0.0758. The number of likely N-dealkylation sites (tertiary alicyclic amines) is 1. The second-order valence-corrected chi connectivity index (χ2v) is 10.0. The van der Waals surface area contributed by atoms with Gasteiger partial charge in [0.2, 0.25) is 0 Å². The Morgan fingerprint density at radius 2 is 1.75 bits per heavy atom. The molecule has 0 unspecified atom stereocenters. The highest BCUT2D eigenvalue weighted by molar-refractivity contribution is 9.10. The molecule has 2 aromatic rings. The van der Waals surface area contributed by atoms with E-state index < -0.39 is 10.0 Å². The van der Waals surface area contributed by atoms with Gasteiger partial charge in [-0.1, -0.05) is 25.0 Å². The summed E-state index contributed by atoms with van der Waals surface area (Å²) in [6.07, 6.45) is 6.12. The van der Waals surface area contributed by atoms with Gasteiger partial charge < -0.3 is 4.90 Å². The van der Waals surface area contributed by atoms with Gasteiger partial charge in [-0.15, -0.1) is 11.8 Å². The van der Waals surface area contributed by atoms with Crippen LogP contribution in [-0.2, 0) is 10.0 Å².